The van der Waals surface area contributed by atoms with Gasteiger partial charge in [-0.2, -0.15) is 0 Å². The first-order chi connectivity index (χ1) is 14.3. The van der Waals surface area contributed by atoms with Gasteiger partial charge in [-0.3, -0.25) is 4.79 Å². The van der Waals surface area contributed by atoms with Gasteiger partial charge in [-0.25, -0.2) is 0 Å². The summed E-state index contributed by atoms with van der Waals surface area (Å²) >= 11 is 0. The minimum atomic E-state index is -0.286. The quantitative estimate of drug-likeness (QED) is 0.652. The molecule has 1 fully saturated rings. The van der Waals surface area contributed by atoms with Crippen LogP contribution in [0.3, 0.4) is 0 Å². The van der Waals surface area contributed by atoms with Crippen molar-refractivity contribution in [2.75, 3.05) is 19.7 Å². The van der Waals surface area contributed by atoms with Crippen LogP contribution in [0.4, 0.5) is 0 Å². The molecular formula is C26H32N2O2. The maximum absolute atomic E-state index is 13.5. The predicted octanol–water partition coefficient (Wildman–Crippen LogP) is 4.86. The van der Waals surface area contributed by atoms with Crippen LogP contribution in [0.5, 0.6) is 0 Å². The molecule has 1 aliphatic heterocycles. The van der Waals surface area contributed by atoms with Crippen molar-refractivity contribution in [1.29, 1.82) is 0 Å². The Labute approximate surface area is 178 Å². The number of nitrogens with zero attached hydrogens (tertiary/aromatic N) is 1. The number of hydrogen-bond acceptors (Lipinski definition) is 2. The van der Waals surface area contributed by atoms with E-state index in [2.05, 4.69) is 56.1 Å². The lowest BCUT2D eigenvalue weighted by Crippen LogP contribution is -2.49. The molecule has 1 aromatic heterocycles. The highest BCUT2D eigenvalue weighted by Gasteiger charge is 2.38. The first-order valence-corrected chi connectivity index (χ1v) is 10.9. The summed E-state index contributed by atoms with van der Waals surface area (Å²) in [7, 11) is 0. The van der Waals surface area contributed by atoms with E-state index >= 15 is 0 Å². The molecule has 0 aliphatic carbocycles. The molecule has 1 saturated heterocycles. The van der Waals surface area contributed by atoms with Crippen molar-refractivity contribution in [3.63, 3.8) is 0 Å². The van der Waals surface area contributed by atoms with Gasteiger partial charge in [-0.05, 0) is 74.8 Å². The van der Waals surface area contributed by atoms with E-state index in [0.29, 0.717) is 12.2 Å². The van der Waals surface area contributed by atoms with Gasteiger partial charge < -0.3 is 15.0 Å². The fourth-order valence-electron chi connectivity index (χ4n) is 5.09. The van der Waals surface area contributed by atoms with E-state index in [1.807, 2.05) is 17.9 Å². The zero-order valence-corrected chi connectivity index (χ0v) is 18.5. The Morgan fingerprint density at radius 2 is 1.80 bits per heavy atom. The molecule has 2 heterocycles. The lowest BCUT2D eigenvalue weighted by Gasteiger charge is -2.42. The molecule has 0 saturated carbocycles. The van der Waals surface area contributed by atoms with Gasteiger partial charge in [0.1, 0.15) is 5.69 Å². The topological polar surface area (TPSA) is 56.3 Å². The highest BCUT2D eigenvalue weighted by molar-refractivity contribution is 6.02. The van der Waals surface area contributed by atoms with Crippen LogP contribution in [0.15, 0.2) is 36.4 Å². The number of hydrogen-bond donors (Lipinski definition) is 2. The lowest BCUT2D eigenvalue weighted by molar-refractivity contribution is 0.0267. The normalized spacial score (nSPS) is 19.4. The summed E-state index contributed by atoms with van der Waals surface area (Å²) in [5.41, 5.74) is 7.32. The first-order valence-electron chi connectivity index (χ1n) is 10.9. The molecule has 30 heavy (non-hydrogen) atoms. The molecule has 1 atom stereocenters. The fraction of sp³-hybridized carbons (Fsp3) is 0.423. The number of aromatic nitrogens is 1. The SMILES string of the molecule is Cc1ccccc1C[C@@]1(CO)CCCN(C(=O)c2[nH]c3c(C)ccc(C)c3c2C)C1. The minimum absolute atomic E-state index is 0.0461. The number of aliphatic hydroxyl groups is 1. The number of carbonyl (C=O) groups is 1. The van der Waals surface area contributed by atoms with E-state index in [0.717, 1.165) is 47.8 Å². The second-order valence-electron chi connectivity index (χ2n) is 9.17. The Balaban J connectivity index is 1.64. The van der Waals surface area contributed by atoms with Gasteiger partial charge in [0.25, 0.3) is 5.91 Å². The number of amides is 1. The van der Waals surface area contributed by atoms with Crippen LogP contribution in [-0.4, -0.2) is 40.6 Å². The van der Waals surface area contributed by atoms with Gasteiger partial charge in [-0.1, -0.05) is 36.4 Å². The Morgan fingerprint density at radius 1 is 1.07 bits per heavy atom. The number of piperidine rings is 1. The van der Waals surface area contributed by atoms with Gasteiger partial charge in [-0.15, -0.1) is 0 Å². The Bertz CT molecular complexity index is 1100. The first kappa shape index (κ1) is 20.7. The van der Waals surface area contributed by atoms with Crippen LogP contribution in [0.1, 0.15) is 51.1 Å². The minimum Gasteiger partial charge on any atom is -0.396 e. The number of nitrogens with one attached hydrogen (secondary N) is 1. The second-order valence-corrected chi connectivity index (χ2v) is 9.17. The predicted molar refractivity (Wildman–Crippen MR) is 122 cm³/mol. The van der Waals surface area contributed by atoms with E-state index in [1.165, 1.54) is 16.7 Å². The summed E-state index contributed by atoms with van der Waals surface area (Å²) in [6.07, 6.45) is 2.64. The molecule has 0 bridgehead atoms. The average molecular weight is 405 g/mol. The number of likely N-dealkylation sites (tertiary alicyclic amines) is 1. The molecule has 0 radical (unpaired) electrons. The molecule has 3 aromatic rings. The largest absolute Gasteiger partial charge is 0.396 e. The van der Waals surface area contributed by atoms with Crippen molar-refractivity contribution in [3.05, 3.63) is 69.9 Å². The van der Waals surface area contributed by atoms with Crippen molar-refractivity contribution in [3.8, 4) is 0 Å². The van der Waals surface area contributed by atoms with Crippen LogP contribution >= 0.6 is 0 Å². The van der Waals surface area contributed by atoms with Crippen LogP contribution < -0.4 is 0 Å². The van der Waals surface area contributed by atoms with Crippen molar-refractivity contribution < 1.29 is 9.90 Å². The number of fused-ring (bicyclic) bond motifs is 1. The standard InChI is InChI=1S/C26H32N2O2/c1-17-8-5-6-9-21(17)14-26(16-29)12-7-13-28(15-26)25(30)24-20(4)22-18(2)10-11-19(3)23(22)27-24/h5-6,8-11,27,29H,7,12-16H2,1-4H3/t26-/m0/s1. The van der Waals surface area contributed by atoms with Gasteiger partial charge >= 0.3 is 0 Å². The van der Waals surface area contributed by atoms with Crippen molar-refractivity contribution >= 4 is 16.8 Å². The molecule has 158 valence electrons. The number of rotatable bonds is 4. The molecule has 4 rings (SSSR count). The number of H-pyrrole nitrogens is 1. The number of aryl methyl sites for hydroxylation is 4. The number of aliphatic hydroxyl groups excluding tert-OH is 1. The Kier molecular flexibility index (Phi) is 5.46. The van der Waals surface area contributed by atoms with Crippen LogP contribution in [-0.2, 0) is 6.42 Å². The van der Waals surface area contributed by atoms with Crippen LogP contribution in [0, 0.1) is 33.1 Å². The molecule has 1 aliphatic rings. The molecule has 0 unspecified atom stereocenters. The molecule has 2 N–H and O–H groups in total. The summed E-state index contributed by atoms with van der Waals surface area (Å²) in [5.74, 6) is 0.0461. The fourth-order valence-corrected chi connectivity index (χ4v) is 5.09. The highest BCUT2D eigenvalue weighted by Crippen LogP contribution is 2.36. The Hall–Kier alpha value is -2.59. The summed E-state index contributed by atoms with van der Waals surface area (Å²) in [6, 6.07) is 12.6. The van der Waals surface area contributed by atoms with Crippen LogP contribution in [0.25, 0.3) is 10.9 Å². The highest BCUT2D eigenvalue weighted by atomic mass is 16.3. The molecular weight excluding hydrogens is 372 g/mol. The zero-order chi connectivity index (χ0) is 21.5. The average Bonchev–Trinajstić information content (AvgIpc) is 3.10. The maximum Gasteiger partial charge on any atom is 0.270 e. The monoisotopic (exact) mass is 404 g/mol. The smallest absolute Gasteiger partial charge is 0.270 e. The number of aromatic amines is 1. The van der Waals surface area contributed by atoms with E-state index in [1.54, 1.807) is 0 Å². The van der Waals surface area contributed by atoms with E-state index in [9.17, 15) is 9.90 Å². The summed E-state index contributed by atoms with van der Waals surface area (Å²) in [6.45, 7) is 9.74. The zero-order valence-electron chi connectivity index (χ0n) is 18.5. The van der Waals surface area contributed by atoms with E-state index in [4.69, 9.17) is 0 Å². The van der Waals surface area contributed by atoms with E-state index < -0.39 is 0 Å². The van der Waals surface area contributed by atoms with Gasteiger partial charge in [0.05, 0.1) is 6.61 Å². The molecule has 0 spiro atoms. The van der Waals surface area contributed by atoms with Gasteiger partial charge in [0.15, 0.2) is 0 Å². The summed E-state index contributed by atoms with van der Waals surface area (Å²) in [4.78, 5) is 18.9. The third-order valence-corrected chi connectivity index (χ3v) is 6.95. The van der Waals surface area contributed by atoms with Crippen LogP contribution in [0.2, 0.25) is 0 Å². The van der Waals surface area contributed by atoms with E-state index in [-0.39, 0.29) is 17.9 Å². The van der Waals surface area contributed by atoms with Gasteiger partial charge in [0, 0.05) is 29.4 Å². The summed E-state index contributed by atoms with van der Waals surface area (Å²) in [5, 5.41) is 11.5. The number of carbonyl (C=O) groups excluding carboxylic acids is 1. The summed E-state index contributed by atoms with van der Waals surface area (Å²) < 4.78 is 0. The second kappa shape index (κ2) is 7.92. The third kappa shape index (κ3) is 3.54. The third-order valence-electron chi connectivity index (χ3n) is 6.95. The van der Waals surface area contributed by atoms with Crippen molar-refractivity contribution in [2.24, 2.45) is 5.41 Å². The maximum atomic E-state index is 13.5. The molecule has 4 heteroatoms. The van der Waals surface area contributed by atoms with Gasteiger partial charge in [0.2, 0.25) is 0 Å². The molecule has 4 nitrogen and oxygen atoms in total. The van der Waals surface area contributed by atoms with Crippen molar-refractivity contribution in [1.82, 2.24) is 9.88 Å². The van der Waals surface area contributed by atoms with Crippen molar-refractivity contribution in [2.45, 2.75) is 47.0 Å². The lowest BCUT2D eigenvalue weighted by atomic mass is 9.75. The number of benzene rings is 2. The Morgan fingerprint density at radius 3 is 2.50 bits per heavy atom. The molecule has 2 aromatic carbocycles. The molecule has 1 amide bonds.